The van der Waals surface area contributed by atoms with Crippen molar-refractivity contribution >= 4 is 5.91 Å². The van der Waals surface area contributed by atoms with Gasteiger partial charge >= 0.3 is 0 Å². The minimum Gasteiger partial charge on any atom is -0.383 e. The van der Waals surface area contributed by atoms with Gasteiger partial charge in [-0.25, -0.2) is 4.39 Å². The van der Waals surface area contributed by atoms with E-state index in [1.165, 1.54) is 12.1 Å². The highest BCUT2D eigenvalue weighted by molar-refractivity contribution is 5.97. The third-order valence-corrected chi connectivity index (χ3v) is 3.70. The summed E-state index contributed by atoms with van der Waals surface area (Å²) in [4.78, 5) is 12.2. The van der Waals surface area contributed by atoms with Crippen molar-refractivity contribution < 1.29 is 9.18 Å². The van der Waals surface area contributed by atoms with Crippen LogP contribution in [-0.4, -0.2) is 12.5 Å². The van der Waals surface area contributed by atoms with Crippen molar-refractivity contribution in [2.45, 2.75) is 19.9 Å². The van der Waals surface area contributed by atoms with Crippen molar-refractivity contribution in [3.63, 3.8) is 0 Å². The average molecular weight is 337 g/mol. The first-order valence-corrected chi connectivity index (χ1v) is 8.01. The number of halogens is 1. The number of nitriles is 1. The lowest BCUT2D eigenvalue weighted by atomic mass is 10.1. The Balaban J connectivity index is 1.90. The third-order valence-electron chi connectivity index (χ3n) is 3.70. The molecule has 0 radical (unpaired) electrons. The van der Waals surface area contributed by atoms with Gasteiger partial charge in [-0.3, -0.25) is 4.79 Å². The van der Waals surface area contributed by atoms with Crippen molar-refractivity contribution in [1.29, 1.82) is 5.26 Å². The molecule has 0 spiro atoms. The van der Waals surface area contributed by atoms with E-state index in [-0.39, 0.29) is 11.4 Å². The lowest BCUT2D eigenvalue weighted by Crippen LogP contribution is -2.29. The highest BCUT2D eigenvalue weighted by Crippen LogP contribution is 2.06. The molecule has 25 heavy (non-hydrogen) atoms. The number of amides is 1. The van der Waals surface area contributed by atoms with Gasteiger partial charge in [-0.1, -0.05) is 42.5 Å². The summed E-state index contributed by atoms with van der Waals surface area (Å²) in [5, 5.41) is 15.0. The molecule has 2 N–H and O–H groups in total. The van der Waals surface area contributed by atoms with Gasteiger partial charge in [-0.15, -0.1) is 0 Å². The van der Waals surface area contributed by atoms with E-state index < -0.39 is 5.91 Å². The summed E-state index contributed by atoms with van der Waals surface area (Å²) in [6.07, 6.45) is 0.695. The van der Waals surface area contributed by atoms with Gasteiger partial charge in [-0.2, -0.15) is 5.26 Å². The molecule has 128 valence electrons. The number of nitrogens with one attached hydrogen (secondary N) is 2. The Bertz CT molecular complexity index is 794. The van der Waals surface area contributed by atoms with Gasteiger partial charge in [0.2, 0.25) is 0 Å². The number of benzene rings is 2. The minimum atomic E-state index is -0.414. The van der Waals surface area contributed by atoms with Gasteiger partial charge in [0, 0.05) is 18.8 Å². The minimum absolute atomic E-state index is 0.0319. The van der Waals surface area contributed by atoms with E-state index in [1.54, 1.807) is 19.1 Å². The summed E-state index contributed by atoms with van der Waals surface area (Å²) < 4.78 is 13.2. The molecular weight excluding hydrogens is 317 g/mol. The molecule has 2 aromatic carbocycles. The normalized spacial score (nSPS) is 11.2. The van der Waals surface area contributed by atoms with Crippen LogP contribution < -0.4 is 10.6 Å². The summed E-state index contributed by atoms with van der Waals surface area (Å²) in [6.45, 7) is 2.45. The first-order chi connectivity index (χ1) is 12.1. The van der Waals surface area contributed by atoms with Crippen LogP contribution in [0.2, 0.25) is 0 Å². The Morgan fingerprint density at radius 1 is 1.08 bits per heavy atom. The number of carbonyl (C=O) groups is 1. The third kappa shape index (κ3) is 5.78. The van der Waals surface area contributed by atoms with Gasteiger partial charge < -0.3 is 10.6 Å². The Morgan fingerprint density at radius 3 is 2.48 bits per heavy atom. The fraction of sp³-hybridized carbons (Fsp3) is 0.200. The molecule has 0 bridgehead atoms. The number of rotatable bonds is 7. The maximum absolute atomic E-state index is 13.2. The number of hydrogen-bond donors (Lipinski definition) is 2. The van der Waals surface area contributed by atoms with Gasteiger partial charge in [0.05, 0.1) is 0 Å². The summed E-state index contributed by atoms with van der Waals surface area (Å²) >= 11 is 0. The summed E-state index contributed by atoms with van der Waals surface area (Å²) in [5.41, 5.74) is 2.35. The topological polar surface area (TPSA) is 64.9 Å². The Kier molecular flexibility index (Phi) is 6.73. The van der Waals surface area contributed by atoms with Crippen LogP contribution in [0.4, 0.5) is 4.39 Å². The second kappa shape index (κ2) is 9.24. The SMILES string of the molecule is C/C(NCc1cccc(F)c1)=C(\C#N)C(=O)NCCc1ccccc1. The monoisotopic (exact) mass is 337 g/mol. The predicted octanol–water partition coefficient (Wildman–Crippen LogP) is 3.07. The maximum atomic E-state index is 13.2. The van der Waals surface area contributed by atoms with Crippen molar-refractivity contribution in [2.24, 2.45) is 0 Å². The van der Waals surface area contributed by atoms with Crippen molar-refractivity contribution in [1.82, 2.24) is 10.6 Å². The molecule has 4 nitrogen and oxygen atoms in total. The molecule has 0 heterocycles. The molecule has 2 aromatic rings. The first-order valence-electron chi connectivity index (χ1n) is 8.01. The highest BCUT2D eigenvalue weighted by atomic mass is 19.1. The molecule has 5 heteroatoms. The van der Waals surface area contributed by atoms with Crippen LogP contribution in [0.3, 0.4) is 0 Å². The lowest BCUT2D eigenvalue weighted by Gasteiger charge is -2.10. The Labute approximate surface area is 147 Å². The van der Waals surface area contributed by atoms with Gasteiger partial charge in [-0.05, 0) is 36.6 Å². The number of allylic oxidation sites excluding steroid dienone is 1. The molecule has 0 aliphatic rings. The van der Waals surface area contributed by atoms with Crippen molar-refractivity contribution in [2.75, 3.05) is 6.54 Å². The second-order valence-electron chi connectivity index (χ2n) is 5.59. The lowest BCUT2D eigenvalue weighted by molar-refractivity contribution is -0.117. The van der Waals surface area contributed by atoms with Crippen molar-refractivity contribution in [3.05, 3.63) is 82.8 Å². The smallest absolute Gasteiger partial charge is 0.263 e. The molecule has 0 fully saturated rings. The Hall–Kier alpha value is -3.13. The number of hydrogen-bond acceptors (Lipinski definition) is 3. The van der Waals surface area contributed by atoms with Crippen LogP contribution in [0.15, 0.2) is 65.9 Å². The van der Waals surface area contributed by atoms with Gasteiger partial charge in [0.15, 0.2) is 0 Å². The number of nitrogens with zero attached hydrogens (tertiary/aromatic N) is 1. The van der Waals surface area contributed by atoms with E-state index in [2.05, 4.69) is 10.6 Å². The van der Waals surface area contributed by atoms with Crippen molar-refractivity contribution in [3.8, 4) is 6.07 Å². The summed E-state index contributed by atoms with van der Waals surface area (Å²) in [5.74, 6) is -0.734. The molecule has 0 unspecified atom stereocenters. The average Bonchev–Trinajstić information content (AvgIpc) is 2.61. The van der Waals surface area contributed by atoms with Crippen LogP contribution in [-0.2, 0) is 17.8 Å². The van der Waals surface area contributed by atoms with E-state index in [4.69, 9.17) is 0 Å². The zero-order chi connectivity index (χ0) is 18.1. The fourth-order valence-electron chi connectivity index (χ4n) is 2.33. The standard InChI is InChI=1S/C20H20FN3O/c1-15(24-14-17-8-5-9-18(21)12-17)19(13-22)20(25)23-11-10-16-6-3-2-4-7-16/h2-9,12,24H,10-11,14H2,1H3,(H,23,25)/b19-15-. The molecule has 0 atom stereocenters. The summed E-state index contributed by atoms with van der Waals surface area (Å²) in [6, 6.07) is 17.9. The zero-order valence-corrected chi connectivity index (χ0v) is 14.1. The molecule has 0 aliphatic carbocycles. The van der Waals surface area contributed by atoms with Gasteiger partial charge in [0.25, 0.3) is 5.91 Å². The second-order valence-corrected chi connectivity index (χ2v) is 5.59. The molecule has 1 amide bonds. The molecule has 2 rings (SSSR count). The van der Waals surface area contributed by atoms with E-state index in [1.807, 2.05) is 36.4 Å². The predicted molar refractivity (Wildman–Crippen MR) is 94.7 cm³/mol. The molecular formula is C20H20FN3O. The molecule has 0 aliphatic heterocycles. The fourth-order valence-corrected chi connectivity index (χ4v) is 2.33. The van der Waals surface area contributed by atoms with Crippen LogP contribution in [0.25, 0.3) is 0 Å². The van der Waals surface area contributed by atoms with E-state index >= 15 is 0 Å². The van der Waals surface area contributed by atoms with Crippen LogP contribution >= 0.6 is 0 Å². The highest BCUT2D eigenvalue weighted by Gasteiger charge is 2.12. The van der Waals surface area contributed by atoms with Crippen LogP contribution in [0, 0.1) is 17.1 Å². The van der Waals surface area contributed by atoms with Crippen LogP contribution in [0.5, 0.6) is 0 Å². The quantitative estimate of drug-likeness (QED) is 0.603. The molecule has 0 aromatic heterocycles. The number of carbonyl (C=O) groups excluding carboxylic acids is 1. The largest absolute Gasteiger partial charge is 0.383 e. The first kappa shape index (κ1) is 18.2. The maximum Gasteiger partial charge on any atom is 0.263 e. The summed E-state index contributed by atoms with van der Waals surface area (Å²) in [7, 11) is 0. The van der Waals surface area contributed by atoms with E-state index in [0.717, 1.165) is 11.1 Å². The van der Waals surface area contributed by atoms with Crippen LogP contribution in [0.1, 0.15) is 18.1 Å². The molecule has 0 saturated carbocycles. The van der Waals surface area contributed by atoms with Gasteiger partial charge in [0.1, 0.15) is 17.5 Å². The zero-order valence-electron chi connectivity index (χ0n) is 14.1. The van der Waals surface area contributed by atoms with E-state index in [0.29, 0.717) is 25.2 Å². The van der Waals surface area contributed by atoms with E-state index in [9.17, 15) is 14.4 Å². The Morgan fingerprint density at radius 2 is 1.80 bits per heavy atom. The molecule has 0 saturated heterocycles.